The van der Waals surface area contributed by atoms with E-state index in [9.17, 15) is 0 Å². The molecule has 38 valence electrons. The van der Waals surface area contributed by atoms with E-state index in [2.05, 4.69) is 11.3 Å². The molecule has 0 radical (unpaired) electrons. The summed E-state index contributed by atoms with van der Waals surface area (Å²) < 4.78 is 4.64. The Kier molecular flexibility index (Phi) is 35.4. The summed E-state index contributed by atoms with van der Waals surface area (Å²) in [6.45, 7) is 7.50. The van der Waals surface area contributed by atoms with Gasteiger partial charge in [-0.1, -0.05) is 5.57 Å². The van der Waals surface area contributed by atoms with Crippen LogP contribution < -0.4 is 4.72 Å². The standard InChI is InChI=1S/C4H8.Al.Li.H2N.3H/c1-4(2)3;;;;;;/h1H2,2-3H3;;;1H2;;;/q;+1;;-1;;;. The first-order valence-corrected chi connectivity index (χ1v) is 3.09. The Labute approximate surface area is 66.2 Å². The van der Waals surface area contributed by atoms with E-state index >= 15 is 0 Å². The summed E-state index contributed by atoms with van der Waals surface area (Å²) >= 11 is 0.806. The molecule has 3 heteroatoms. The van der Waals surface area contributed by atoms with E-state index in [0.29, 0.717) is 0 Å². The molecule has 0 aliphatic carbocycles. The molecule has 0 atom stereocenters. The van der Waals surface area contributed by atoms with E-state index in [0.717, 1.165) is 16.5 Å². The van der Waals surface area contributed by atoms with Gasteiger partial charge in [0.25, 0.3) is 0 Å². The Morgan fingerprint density at radius 2 is 1.43 bits per heavy atom. The third-order valence-electron chi connectivity index (χ3n) is 0. The SMILES string of the molecule is C=C(C)C.[LiH].[NH2][AlH2]. The molecule has 0 aliphatic rings. The summed E-state index contributed by atoms with van der Waals surface area (Å²) in [5.74, 6) is 0. The summed E-state index contributed by atoms with van der Waals surface area (Å²) in [6, 6.07) is 0. The predicted octanol–water partition coefficient (Wildman–Crippen LogP) is -0.573. The van der Waals surface area contributed by atoms with Crippen LogP contribution in [-0.4, -0.2) is 35.4 Å². The molecule has 0 saturated heterocycles. The average molecular weight is 109 g/mol. The largest absolute Gasteiger partial charge is 0.418 e. The maximum Gasteiger partial charge on any atom is 0.316 e. The van der Waals surface area contributed by atoms with E-state index < -0.39 is 0 Å². The summed E-state index contributed by atoms with van der Waals surface area (Å²) in [4.78, 5) is 0. The zero-order valence-corrected chi connectivity index (χ0v) is 6.78. The maximum absolute atomic E-state index is 4.64. The van der Waals surface area contributed by atoms with Gasteiger partial charge in [0.2, 0.25) is 0 Å². The molecule has 0 aromatic rings. The molecule has 0 fully saturated rings. The van der Waals surface area contributed by atoms with Gasteiger partial charge in [0.15, 0.2) is 0 Å². The van der Waals surface area contributed by atoms with Crippen molar-refractivity contribution in [1.29, 1.82) is 0 Å². The van der Waals surface area contributed by atoms with Gasteiger partial charge in [-0.2, -0.15) is 0 Å². The van der Waals surface area contributed by atoms with E-state index in [4.69, 9.17) is 0 Å². The van der Waals surface area contributed by atoms with Gasteiger partial charge in [-0.15, -0.1) is 6.58 Å². The molecule has 0 heterocycles. The summed E-state index contributed by atoms with van der Waals surface area (Å²) in [7, 11) is 0. The molecule has 0 saturated carbocycles. The van der Waals surface area contributed by atoms with Crippen molar-refractivity contribution in [1.82, 2.24) is 0 Å². The quantitative estimate of drug-likeness (QED) is 0.327. The first-order valence-electron chi connectivity index (χ1n) is 1.93. The number of rotatable bonds is 0. The van der Waals surface area contributed by atoms with Crippen molar-refractivity contribution in [2.75, 3.05) is 0 Å². The van der Waals surface area contributed by atoms with Crippen LogP contribution in [0.4, 0.5) is 0 Å². The predicted molar refractivity (Wildman–Crippen MR) is 40.4 cm³/mol. The Morgan fingerprint density at radius 1 is 1.43 bits per heavy atom. The third kappa shape index (κ3) is 231. The fourth-order valence-electron chi connectivity index (χ4n) is 0. The van der Waals surface area contributed by atoms with Crippen LogP contribution >= 0.6 is 0 Å². The minimum Gasteiger partial charge on any atom is -0.418 e. The van der Waals surface area contributed by atoms with Crippen molar-refractivity contribution in [2.45, 2.75) is 13.8 Å². The van der Waals surface area contributed by atoms with Gasteiger partial charge >= 0.3 is 35.4 Å². The number of hydrogen-bond acceptors (Lipinski definition) is 1. The van der Waals surface area contributed by atoms with Gasteiger partial charge in [-0.25, -0.2) is 0 Å². The fourth-order valence-corrected chi connectivity index (χ4v) is 0. The molecular formula is C4H13AlLiN. The van der Waals surface area contributed by atoms with Crippen LogP contribution in [0.15, 0.2) is 12.2 Å². The summed E-state index contributed by atoms with van der Waals surface area (Å²) in [5, 5.41) is 0. The second-order valence-corrected chi connectivity index (χ2v) is 1.21. The molecule has 0 spiro atoms. The van der Waals surface area contributed by atoms with Gasteiger partial charge in [0, 0.05) is 0 Å². The number of hydrogen-bond donors (Lipinski definition) is 1. The molecule has 0 rings (SSSR count). The molecule has 7 heavy (non-hydrogen) atoms. The maximum atomic E-state index is 4.64. The Balaban J connectivity index is -0.0000000480. The molecule has 0 unspecified atom stereocenters. The van der Waals surface area contributed by atoms with Crippen LogP contribution in [0.5, 0.6) is 0 Å². The smallest absolute Gasteiger partial charge is 0.316 e. The van der Waals surface area contributed by atoms with Gasteiger partial charge in [0.05, 0.1) is 0 Å². The summed E-state index contributed by atoms with van der Waals surface area (Å²) in [5.41, 5.74) is 1.17. The van der Waals surface area contributed by atoms with E-state index in [1.165, 1.54) is 5.57 Å². The second kappa shape index (κ2) is 15.8. The average Bonchev–Trinajstić information content (AvgIpc) is 1.41. The van der Waals surface area contributed by atoms with Crippen LogP contribution in [0.1, 0.15) is 13.8 Å². The van der Waals surface area contributed by atoms with Crippen molar-refractivity contribution < 1.29 is 0 Å². The van der Waals surface area contributed by atoms with E-state index in [1.54, 1.807) is 0 Å². The normalized spacial score (nSPS) is 4.43. The van der Waals surface area contributed by atoms with Crippen molar-refractivity contribution in [2.24, 2.45) is 4.72 Å². The first kappa shape index (κ1) is 15.7. The minimum absolute atomic E-state index is 0. The second-order valence-electron chi connectivity index (χ2n) is 1.21. The monoisotopic (exact) mass is 109 g/mol. The number of nitrogens with two attached hydrogens (primary N) is 1. The van der Waals surface area contributed by atoms with E-state index in [-0.39, 0.29) is 18.9 Å². The zero-order valence-electron chi connectivity index (χ0n) is 4.78. The van der Waals surface area contributed by atoms with Crippen LogP contribution in [0.2, 0.25) is 0 Å². The minimum atomic E-state index is 0. The van der Waals surface area contributed by atoms with Crippen LogP contribution in [-0.2, 0) is 0 Å². The van der Waals surface area contributed by atoms with Crippen molar-refractivity contribution in [3.63, 3.8) is 0 Å². The van der Waals surface area contributed by atoms with Gasteiger partial charge in [-0.3, -0.25) is 0 Å². The van der Waals surface area contributed by atoms with Gasteiger partial charge in [-0.05, 0) is 13.8 Å². The molecule has 0 aromatic carbocycles. The van der Waals surface area contributed by atoms with Crippen molar-refractivity contribution in [3.8, 4) is 0 Å². The van der Waals surface area contributed by atoms with Crippen LogP contribution in [0.25, 0.3) is 0 Å². The Bertz CT molecular complexity index is 34.7. The van der Waals surface area contributed by atoms with Gasteiger partial charge < -0.3 is 4.72 Å². The van der Waals surface area contributed by atoms with Crippen molar-refractivity contribution in [3.05, 3.63) is 12.2 Å². The van der Waals surface area contributed by atoms with Crippen molar-refractivity contribution >= 4 is 35.4 Å². The molecule has 2 N–H and O–H groups in total. The molecule has 0 amide bonds. The topological polar surface area (TPSA) is 26.0 Å². The Hall–Kier alpha value is 0.830. The molecule has 1 nitrogen and oxygen atoms in total. The van der Waals surface area contributed by atoms with Crippen LogP contribution in [0.3, 0.4) is 0 Å². The molecule has 0 bridgehead atoms. The first-order chi connectivity index (χ1) is 2.73. The summed E-state index contributed by atoms with van der Waals surface area (Å²) in [6.07, 6.45) is 0. The molecule has 0 aliphatic heterocycles. The Morgan fingerprint density at radius 3 is 1.43 bits per heavy atom. The third-order valence-corrected chi connectivity index (χ3v) is 0. The zero-order chi connectivity index (χ0) is 5.58. The van der Waals surface area contributed by atoms with E-state index in [1.807, 2.05) is 13.8 Å². The van der Waals surface area contributed by atoms with Gasteiger partial charge in [0.1, 0.15) is 0 Å². The molecule has 0 aromatic heterocycles. The molecular weight excluding hydrogens is 96.0 g/mol. The number of allylic oxidation sites excluding steroid dienone is 1. The van der Waals surface area contributed by atoms with Crippen LogP contribution in [0, 0.1) is 0 Å². The fraction of sp³-hybridized carbons (Fsp3) is 0.500.